The highest BCUT2D eigenvalue weighted by Gasteiger charge is 2.21. The average Bonchev–Trinajstić information content (AvgIpc) is 3.23. The Hall–Kier alpha value is -3.78. The Bertz CT molecular complexity index is 1250. The van der Waals surface area contributed by atoms with Gasteiger partial charge in [-0.15, -0.1) is 0 Å². The summed E-state index contributed by atoms with van der Waals surface area (Å²) in [7, 11) is 0. The van der Waals surface area contributed by atoms with Crippen molar-refractivity contribution in [3.8, 4) is 11.3 Å². The second-order valence-corrected chi connectivity index (χ2v) is 6.40. The van der Waals surface area contributed by atoms with Crippen LogP contribution in [-0.4, -0.2) is 32.3 Å². The molecule has 3 heterocycles. The molecule has 1 aliphatic rings. The Morgan fingerprint density at radius 3 is 2.79 bits per heavy atom. The Morgan fingerprint density at radius 1 is 1.21 bits per heavy atom. The largest absolute Gasteiger partial charge is 0.480 e. The first kappa shape index (κ1) is 17.6. The fourth-order valence-electron chi connectivity index (χ4n) is 3.18. The third-order valence-electron chi connectivity index (χ3n) is 4.57. The number of para-hydroxylation sites is 1. The van der Waals surface area contributed by atoms with E-state index in [2.05, 4.69) is 20.2 Å². The van der Waals surface area contributed by atoms with E-state index in [1.54, 1.807) is 24.5 Å². The van der Waals surface area contributed by atoms with Gasteiger partial charge in [0.05, 0.1) is 22.3 Å². The molecule has 2 aromatic heterocycles. The summed E-state index contributed by atoms with van der Waals surface area (Å²) in [6, 6.07) is 9.95. The zero-order valence-corrected chi connectivity index (χ0v) is 14.7. The summed E-state index contributed by atoms with van der Waals surface area (Å²) < 4.78 is 0. The van der Waals surface area contributed by atoms with E-state index in [0.29, 0.717) is 22.5 Å². The normalized spacial score (nSPS) is 15.3. The molecule has 0 saturated carbocycles. The summed E-state index contributed by atoms with van der Waals surface area (Å²) in [6.07, 6.45) is 5.05. The lowest BCUT2D eigenvalue weighted by Crippen LogP contribution is -2.32. The lowest BCUT2D eigenvalue weighted by Gasteiger charge is -2.09. The number of aromatic nitrogens is 3. The van der Waals surface area contributed by atoms with Crippen molar-refractivity contribution in [2.75, 3.05) is 0 Å². The van der Waals surface area contributed by atoms with Gasteiger partial charge in [-0.05, 0) is 29.8 Å². The molecule has 1 atom stereocenters. The number of H-pyrrole nitrogens is 2. The molecular weight excluding hydrogens is 358 g/mol. The molecule has 1 aliphatic heterocycles. The predicted octanol–water partition coefficient (Wildman–Crippen LogP) is 0.392. The lowest BCUT2D eigenvalue weighted by molar-refractivity contribution is -0.138. The Balaban J connectivity index is 1.87. The van der Waals surface area contributed by atoms with E-state index in [4.69, 9.17) is 5.73 Å². The van der Waals surface area contributed by atoms with Gasteiger partial charge in [0, 0.05) is 29.6 Å². The van der Waals surface area contributed by atoms with Gasteiger partial charge in [-0.3, -0.25) is 24.8 Å². The third-order valence-corrected chi connectivity index (χ3v) is 4.57. The smallest absolute Gasteiger partial charge is 0.320 e. The van der Waals surface area contributed by atoms with Crippen molar-refractivity contribution in [1.29, 1.82) is 0 Å². The lowest BCUT2D eigenvalue weighted by atomic mass is 10.0. The molecule has 1 aromatic carbocycles. The maximum Gasteiger partial charge on any atom is 0.320 e. The van der Waals surface area contributed by atoms with Gasteiger partial charge < -0.3 is 10.8 Å². The second-order valence-electron chi connectivity index (χ2n) is 6.40. The zero-order valence-electron chi connectivity index (χ0n) is 14.7. The van der Waals surface area contributed by atoms with Gasteiger partial charge >= 0.3 is 5.97 Å². The maximum atomic E-state index is 12.4. The van der Waals surface area contributed by atoms with E-state index in [1.807, 2.05) is 30.3 Å². The second kappa shape index (κ2) is 7.09. The van der Waals surface area contributed by atoms with Crippen LogP contribution in [0.25, 0.3) is 22.9 Å². The number of benzene rings is 1. The topological polar surface area (TPSA) is 137 Å². The van der Waals surface area contributed by atoms with Gasteiger partial charge in [-0.1, -0.05) is 18.2 Å². The van der Waals surface area contributed by atoms with Crippen LogP contribution in [0.2, 0.25) is 0 Å². The fraction of sp³-hybridized carbons (Fsp3) is 0.100. The van der Waals surface area contributed by atoms with E-state index < -0.39 is 12.0 Å². The number of nitrogens with two attached hydrogens (primary N) is 1. The number of carboxylic acid groups (broad SMARTS) is 1. The number of pyridine rings is 1. The van der Waals surface area contributed by atoms with Gasteiger partial charge in [0.25, 0.3) is 5.56 Å². The summed E-state index contributed by atoms with van der Waals surface area (Å²) in [5, 5.41) is 16.2. The van der Waals surface area contributed by atoms with Crippen LogP contribution in [0.15, 0.2) is 64.3 Å². The number of hydrogen-bond acceptors (Lipinski definition) is 5. The van der Waals surface area contributed by atoms with Gasteiger partial charge in [-0.25, -0.2) is 4.99 Å². The molecule has 3 aromatic rings. The number of rotatable bonds is 5. The minimum atomic E-state index is -1.09. The highest BCUT2D eigenvalue weighted by atomic mass is 16.4. The van der Waals surface area contributed by atoms with Gasteiger partial charge in [0.15, 0.2) is 0 Å². The van der Waals surface area contributed by atoms with Crippen molar-refractivity contribution in [3.63, 3.8) is 0 Å². The molecule has 8 heteroatoms. The van der Waals surface area contributed by atoms with Crippen LogP contribution >= 0.6 is 0 Å². The van der Waals surface area contributed by atoms with Crippen molar-refractivity contribution in [1.82, 2.24) is 15.2 Å². The minimum absolute atomic E-state index is 0.103. The summed E-state index contributed by atoms with van der Waals surface area (Å²) in [4.78, 5) is 32.3. The Kier molecular flexibility index (Phi) is 4.46. The highest BCUT2D eigenvalue weighted by molar-refractivity contribution is 5.83. The van der Waals surface area contributed by atoms with E-state index in [9.17, 15) is 14.7 Å². The molecule has 140 valence electrons. The van der Waals surface area contributed by atoms with E-state index in [1.165, 1.54) is 0 Å². The van der Waals surface area contributed by atoms with E-state index in [0.717, 1.165) is 16.1 Å². The third kappa shape index (κ3) is 3.17. The molecular formula is C20H17N5O3. The SMILES string of the molecule is NC(CC1=c2ccccc2=NC1=Cc1c(-c2cccnc2)[nH][nH]c1=O)C(=O)O. The van der Waals surface area contributed by atoms with Crippen LogP contribution in [0.1, 0.15) is 12.0 Å². The molecule has 8 nitrogen and oxygen atoms in total. The fourth-order valence-corrected chi connectivity index (χ4v) is 3.18. The van der Waals surface area contributed by atoms with E-state index >= 15 is 0 Å². The van der Waals surface area contributed by atoms with Crippen LogP contribution in [0, 0.1) is 0 Å². The molecule has 5 N–H and O–H groups in total. The van der Waals surface area contributed by atoms with Crippen LogP contribution in [0.3, 0.4) is 0 Å². The molecule has 0 radical (unpaired) electrons. The minimum Gasteiger partial charge on any atom is -0.480 e. The summed E-state index contributed by atoms with van der Waals surface area (Å²) >= 11 is 0. The first-order valence-electron chi connectivity index (χ1n) is 8.63. The number of hydrogen-bond donors (Lipinski definition) is 4. The number of carbonyl (C=O) groups is 1. The standard InChI is InChI=1S/C20H17N5O3/c21-15(20(27)28)8-13-12-5-1-2-6-16(12)23-17(13)9-14-18(24-25-19(14)26)11-4-3-7-22-10-11/h1-7,9-10,15H,8,21H2,(H,27,28)(H2,24,25,26). The van der Waals surface area contributed by atoms with Gasteiger partial charge in [0.2, 0.25) is 0 Å². The monoisotopic (exact) mass is 375 g/mol. The summed E-state index contributed by atoms with van der Waals surface area (Å²) in [5.41, 5.74) is 8.40. The van der Waals surface area contributed by atoms with Crippen molar-refractivity contribution < 1.29 is 9.90 Å². The van der Waals surface area contributed by atoms with Crippen molar-refractivity contribution >= 4 is 17.6 Å². The Morgan fingerprint density at radius 2 is 2.04 bits per heavy atom. The number of aromatic amines is 2. The van der Waals surface area contributed by atoms with Gasteiger partial charge in [0.1, 0.15) is 6.04 Å². The summed E-state index contributed by atoms with van der Waals surface area (Å²) in [6.45, 7) is 0. The Labute approximate surface area is 158 Å². The molecule has 0 amide bonds. The maximum absolute atomic E-state index is 12.4. The van der Waals surface area contributed by atoms with Crippen molar-refractivity contribution in [3.05, 3.63) is 81.0 Å². The van der Waals surface area contributed by atoms with Crippen LogP contribution in [0.5, 0.6) is 0 Å². The number of nitrogens with one attached hydrogen (secondary N) is 2. The first-order valence-corrected chi connectivity index (χ1v) is 8.63. The van der Waals surface area contributed by atoms with Crippen LogP contribution in [-0.2, 0) is 4.79 Å². The molecule has 0 saturated heterocycles. The summed E-state index contributed by atoms with van der Waals surface area (Å²) in [5.74, 6) is -1.09. The average molecular weight is 375 g/mol. The molecule has 1 unspecified atom stereocenters. The molecule has 0 spiro atoms. The van der Waals surface area contributed by atoms with Crippen molar-refractivity contribution in [2.24, 2.45) is 10.7 Å². The molecule has 0 bridgehead atoms. The van der Waals surface area contributed by atoms with Crippen molar-refractivity contribution in [2.45, 2.75) is 12.5 Å². The zero-order chi connectivity index (χ0) is 19.7. The first-order chi connectivity index (χ1) is 13.5. The number of aliphatic carboxylic acids is 1. The number of nitrogens with zero attached hydrogens (tertiary/aromatic N) is 2. The van der Waals surface area contributed by atoms with Gasteiger partial charge in [-0.2, -0.15) is 0 Å². The molecule has 28 heavy (non-hydrogen) atoms. The van der Waals surface area contributed by atoms with E-state index in [-0.39, 0.29) is 12.0 Å². The van der Waals surface area contributed by atoms with Crippen LogP contribution < -0.4 is 21.9 Å². The highest BCUT2D eigenvalue weighted by Crippen LogP contribution is 2.25. The molecule has 0 aliphatic carbocycles. The number of carboxylic acids is 1. The number of allylic oxidation sites excluding steroid dienone is 1. The molecule has 4 rings (SSSR count). The predicted molar refractivity (Wildman–Crippen MR) is 103 cm³/mol. The molecule has 0 fully saturated rings. The quantitative estimate of drug-likeness (QED) is 0.511. The number of fused-ring (bicyclic) bond motifs is 1. The van der Waals surface area contributed by atoms with Crippen LogP contribution in [0.4, 0.5) is 0 Å².